The van der Waals surface area contributed by atoms with E-state index in [4.69, 9.17) is 0 Å². The van der Waals surface area contributed by atoms with E-state index in [9.17, 15) is 0 Å². The first-order valence-corrected chi connectivity index (χ1v) is 7.43. The predicted octanol–water partition coefficient (Wildman–Crippen LogP) is 3.75. The lowest BCUT2D eigenvalue weighted by Gasteiger charge is -2.10. The molecule has 0 spiro atoms. The first-order chi connectivity index (χ1) is 9.11. The lowest BCUT2D eigenvalue weighted by molar-refractivity contribution is 0.656. The van der Waals surface area contributed by atoms with Crippen molar-refractivity contribution in [1.82, 2.24) is 15.1 Å². The minimum absolute atomic E-state index is 0.823. The van der Waals surface area contributed by atoms with Crippen LogP contribution < -0.4 is 5.32 Å². The van der Waals surface area contributed by atoms with Gasteiger partial charge >= 0.3 is 0 Å². The van der Waals surface area contributed by atoms with Crippen LogP contribution in [0.2, 0.25) is 0 Å². The van der Waals surface area contributed by atoms with Crippen molar-refractivity contribution in [2.45, 2.75) is 33.7 Å². The van der Waals surface area contributed by atoms with E-state index in [1.807, 2.05) is 10.9 Å². The minimum Gasteiger partial charge on any atom is -0.311 e. The van der Waals surface area contributed by atoms with Gasteiger partial charge in [-0.25, -0.2) is 4.68 Å². The second-order valence-electron chi connectivity index (χ2n) is 4.84. The van der Waals surface area contributed by atoms with E-state index >= 15 is 0 Å². The highest BCUT2D eigenvalue weighted by molar-refractivity contribution is 9.10. The van der Waals surface area contributed by atoms with Gasteiger partial charge in [0.25, 0.3) is 0 Å². The Balaban J connectivity index is 2.23. The number of nitrogens with zero attached hydrogens (tertiary/aromatic N) is 2. The molecule has 102 valence electrons. The highest BCUT2D eigenvalue weighted by atomic mass is 79.9. The van der Waals surface area contributed by atoms with Crippen molar-refractivity contribution in [3.8, 4) is 5.69 Å². The highest BCUT2D eigenvalue weighted by Gasteiger charge is 2.09. The second-order valence-corrected chi connectivity index (χ2v) is 5.70. The smallest absolute Gasteiger partial charge is 0.0816 e. The molecule has 0 radical (unpaired) electrons. The van der Waals surface area contributed by atoms with Crippen molar-refractivity contribution in [3.63, 3.8) is 0 Å². The molecule has 4 heteroatoms. The van der Waals surface area contributed by atoms with Gasteiger partial charge in [0.15, 0.2) is 0 Å². The van der Waals surface area contributed by atoms with Crippen molar-refractivity contribution in [2.24, 2.45) is 0 Å². The van der Waals surface area contributed by atoms with Gasteiger partial charge in [0.2, 0.25) is 0 Å². The Morgan fingerprint density at radius 2 is 2.11 bits per heavy atom. The molecule has 0 aliphatic rings. The van der Waals surface area contributed by atoms with Crippen molar-refractivity contribution >= 4 is 15.9 Å². The van der Waals surface area contributed by atoms with Gasteiger partial charge in [-0.15, -0.1) is 0 Å². The van der Waals surface area contributed by atoms with Crippen LogP contribution in [0.1, 0.15) is 30.2 Å². The Hall–Kier alpha value is -1.13. The molecule has 0 bridgehead atoms. The van der Waals surface area contributed by atoms with E-state index in [0.29, 0.717) is 0 Å². The molecule has 1 heterocycles. The first-order valence-electron chi connectivity index (χ1n) is 6.64. The van der Waals surface area contributed by atoms with Crippen LogP contribution in [0.3, 0.4) is 0 Å². The minimum atomic E-state index is 0.823. The SMILES string of the molecule is CCCNCc1ccn(-c2c(C)cc(C)cc2Br)n1. The van der Waals surface area contributed by atoms with Gasteiger partial charge in [-0.3, -0.25) is 0 Å². The summed E-state index contributed by atoms with van der Waals surface area (Å²) in [6.07, 6.45) is 3.16. The number of halogens is 1. The maximum absolute atomic E-state index is 4.63. The molecular formula is C15H20BrN3. The average Bonchev–Trinajstić information content (AvgIpc) is 2.76. The Bertz CT molecular complexity index is 537. The molecule has 0 fully saturated rings. The molecule has 0 atom stereocenters. The topological polar surface area (TPSA) is 29.9 Å². The Kier molecular flexibility index (Phi) is 4.77. The van der Waals surface area contributed by atoms with Crippen LogP contribution in [-0.4, -0.2) is 16.3 Å². The second kappa shape index (κ2) is 6.35. The monoisotopic (exact) mass is 321 g/mol. The van der Waals surface area contributed by atoms with E-state index in [1.165, 1.54) is 11.1 Å². The van der Waals surface area contributed by atoms with Crippen LogP contribution in [0.5, 0.6) is 0 Å². The molecular weight excluding hydrogens is 302 g/mol. The quantitative estimate of drug-likeness (QED) is 0.850. The molecule has 3 nitrogen and oxygen atoms in total. The van der Waals surface area contributed by atoms with E-state index in [0.717, 1.165) is 35.4 Å². The van der Waals surface area contributed by atoms with Crippen LogP contribution in [0, 0.1) is 13.8 Å². The summed E-state index contributed by atoms with van der Waals surface area (Å²) in [5, 5.41) is 7.99. The molecule has 1 aromatic carbocycles. The van der Waals surface area contributed by atoms with Gasteiger partial charge in [0.1, 0.15) is 0 Å². The third-order valence-electron chi connectivity index (χ3n) is 3.00. The lowest BCUT2D eigenvalue weighted by atomic mass is 10.1. The van der Waals surface area contributed by atoms with E-state index in [2.05, 4.69) is 65.3 Å². The number of hydrogen-bond donors (Lipinski definition) is 1. The number of rotatable bonds is 5. The van der Waals surface area contributed by atoms with E-state index in [-0.39, 0.29) is 0 Å². The fourth-order valence-electron chi connectivity index (χ4n) is 2.17. The number of aryl methyl sites for hydroxylation is 2. The molecule has 0 aliphatic heterocycles. The molecule has 2 aromatic rings. The maximum Gasteiger partial charge on any atom is 0.0816 e. The molecule has 0 unspecified atom stereocenters. The van der Waals surface area contributed by atoms with Crippen molar-refractivity contribution in [1.29, 1.82) is 0 Å². The highest BCUT2D eigenvalue weighted by Crippen LogP contribution is 2.25. The maximum atomic E-state index is 4.63. The number of nitrogens with one attached hydrogen (secondary N) is 1. The summed E-state index contributed by atoms with van der Waals surface area (Å²) in [7, 11) is 0. The van der Waals surface area contributed by atoms with E-state index in [1.54, 1.807) is 0 Å². The number of aromatic nitrogens is 2. The molecule has 1 aromatic heterocycles. The predicted molar refractivity (Wildman–Crippen MR) is 82.7 cm³/mol. The summed E-state index contributed by atoms with van der Waals surface area (Å²) in [6.45, 7) is 8.23. The molecule has 0 aliphatic carbocycles. The number of hydrogen-bond acceptors (Lipinski definition) is 2. The zero-order chi connectivity index (χ0) is 13.8. The van der Waals surface area contributed by atoms with Gasteiger partial charge in [-0.05, 0) is 66.0 Å². The van der Waals surface area contributed by atoms with Crippen molar-refractivity contribution in [2.75, 3.05) is 6.54 Å². The van der Waals surface area contributed by atoms with Gasteiger partial charge in [0.05, 0.1) is 11.4 Å². The standard InChI is InChI=1S/C15H20BrN3/c1-4-6-17-10-13-5-7-19(18-13)15-12(3)8-11(2)9-14(15)16/h5,7-9,17H,4,6,10H2,1-3H3. The van der Waals surface area contributed by atoms with Crippen LogP contribution in [0.25, 0.3) is 5.69 Å². The molecule has 19 heavy (non-hydrogen) atoms. The van der Waals surface area contributed by atoms with Gasteiger partial charge in [-0.2, -0.15) is 5.10 Å². The third kappa shape index (κ3) is 3.45. The fourth-order valence-corrected chi connectivity index (χ4v) is 3.03. The summed E-state index contributed by atoms with van der Waals surface area (Å²) in [6, 6.07) is 6.37. The Morgan fingerprint density at radius 3 is 2.79 bits per heavy atom. The third-order valence-corrected chi connectivity index (χ3v) is 3.61. The van der Waals surface area contributed by atoms with Crippen molar-refractivity contribution in [3.05, 3.63) is 45.7 Å². The zero-order valence-electron chi connectivity index (χ0n) is 11.7. The lowest BCUT2D eigenvalue weighted by Crippen LogP contribution is -2.14. The van der Waals surface area contributed by atoms with Crippen LogP contribution in [0.4, 0.5) is 0 Å². The number of benzene rings is 1. The molecule has 2 rings (SSSR count). The molecule has 1 N–H and O–H groups in total. The summed E-state index contributed by atoms with van der Waals surface area (Å²) in [5.74, 6) is 0. The van der Waals surface area contributed by atoms with Gasteiger partial charge < -0.3 is 5.32 Å². The summed E-state index contributed by atoms with van der Waals surface area (Å²) >= 11 is 3.63. The largest absolute Gasteiger partial charge is 0.311 e. The fraction of sp³-hybridized carbons (Fsp3) is 0.400. The zero-order valence-corrected chi connectivity index (χ0v) is 13.3. The van der Waals surface area contributed by atoms with Crippen LogP contribution in [0.15, 0.2) is 28.9 Å². The Morgan fingerprint density at radius 1 is 1.32 bits per heavy atom. The molecule has 0 saturated carbocycles. The van der Waals surface area contributed by atoms with Crippen LogP contribution >= 0.6 is 15.9 Å². The summed E-state index contributed by atoms with van der Waals surface area (Å²) in [5.41, 5.74) is 4.67. The first kappa shape index (κ1) is 14.3. The van der Waals surface area contributed by atoms with Crippen molar-refractivity contribution < 1.29 is 0 Å². The summed E-state index contributed by atoms with van der Waals surface area (Å²) < 4.78 is 3.03. The normalized spacial score (nSPS) is 10.9. The molecule has 0 amide bonds. The van der Waals surface area contributed by atoms with Crippen LogP contribution in [-0.2, 0) is 6.54 Å². The molecule has 0 saturated heterocycles. The van der Waals surface area contributed by atoms with Gasteiger partial charge in [0, 0.05) is 17.2 Å². The average molecular weight is 322 g/mol. The Labute approximate surface area is 123 Å². The van der Waals surface area contributed by atoms with E-state index < -0.39 is 0 Å². The summed E-state index contributed by atoms with van der Waals surface area (Å²) in [4.78, 5) is 0. The van der Waals surface area contributed by atoms with Gasteiger partial charge in [-0.1, -0.05) is 13.0 Å².